The van der Waals surface area contributed by atoms with Gasteiger partial charge < -0.3 is 19.2 Å². The molecule has 0 unspecified atom stereocenters. The van der Waals surface area contributed by atoms with Gasteiger partial charge in [0.2, 0.25) is 5.89 Å². The first-order valence-corrected chi connectivity index (χ1v) is 9.17. The number of hydrogen-bond acceptors (Lipinski definition) is 5. The number of hydrogen-bond donors (Lipinski definition) is 1. The van der Waals surface area contributed by atoms with Crippen molar-refractivity contribution in [1.29, 1.82) is 0 Å². The number of para-hydroxylation sites is 1. The van der Waals surface area contributed by atoms with Crippen LogP contribution in [-0.4, -0.2) is 34.6 Å². The van der Waals surface area contributed by atoms with E-state index in [2.05, 4.69) is 26.5 Å². The Morgan fingerprint density at radius 3 is 2.64 bits per heavy atom. The molecule has 0 bridgehead atoms. The van der Waals surface area contributed by atoms with E-state index in [-0.39, 0.29) is 29.4 Å². The normalized spacial score (nSPS) is 12.1. The molecular weight excluding hydrogens is 469 g/mol. The molecule has 0 atom stereocenters. The molecule has 0 saturated carbocycles. The minimum absolute atomic E-state index is 0. The van der Waals surface area contributed by atoms with Crippen molar-refractivity contribution >= 4 is 40.9 Å². The summed E-state index contributed by atoms with van der Waals surface area (Å²) in [6.07, 6.45) is 0. The predicted octanol–water partition coefficient (Wildman–Crippen LogP) is 4.33. The Morgan fingerprint density at radius 2 is 2.00 bits per heavy atom. The molecule has 2 aromatic heterocycles. The van der Waals surface area contributed by atoms with Crippen LogP contribution >= 0.6 is 24.0 Å². The van der Waals surface area contributed by atoms with Gasteiger partial charge in [0.15, 0.2) is 11.8 Å². The van der Waals surface area contributed by atoms with Gasteiger partial charge in [0.25, 0.3) is 0 Å². The molecule has 0 amide bonds. The first-order valence-electron chi connectivity index (χ1n) is 9.17. The second kappa shape index (κ2) is 9.40. The molecule has 0 radical (unpaired) electrons. The van der Waals surface area contributed by atoms with E-state index in [1.165, 1.54) is 0 Å². The van der Waals surface area contributed by atoms with Crippen molar-refractivity contribution in [3.8, 4) is 0 Å². The number of nitrogens with zero attached hydrogens (tertiary/aromatic N) is 4. The van der Waals surface area contributed by atoms with Gasteiger partial charge in [0.1, 0.15) is 17.9 Å². The third-order valence-electron chi connectivity index (χ3n) is 4.05. The maximum Gasteiger partial charge on any atom is 0.232 e. The van der Waals surface area contributed by atoms with E-state index in [0.717, 1.165) is 29.2 Å². The van der Waals surface area contributed by atoms with Crippen molar-refractivity contribution in [3.05, 3.63) is 47.8 Å². The molecule has 1 N–H and O–H groups in total. The van der Waals surface area contributed by atoms with Crippen LogP contribution in [0.15, 0.2) is 44.3 Å². The van der Waals surface area contributed by atoms with Crippen molar-refractivity contribution < 1.29 is 8.94 Å². The molecule has 1 aromatic carbocycles. The Bertz CT molecular complexity index is 893. The lowest BCUT2D eigenvalue weighted by molar-refractivity contribution is 0.318. The topological polar surface area (TPSA) is 79.7 Å². The standard InChI is InChI=1S/C20H27N5O2.HI/c1-6-21-19(22-12-17-23-18(27-24-17)20(2,3)4)25(5)13-15-11-14-9-7-8-10-16(14)26-15;/h7-11H,6,12-13H2,1-5H3,(H,21,22);1H. The van der Waals surface area contributed by atoms with Gasteiger partial charge in [-0.1, -0.05) is 44.1 Å². The summed E-state index contributed by atoms with van der Waals surface area (Å²) < 4.78 is 11.2. The minimum atomic E-state index is -0.169. The van der Waals surface area contributed by atoms with E-state index in [4.69, 9.17) is 8.94 Å². The summed E-state index contributed by atoms with van der Waals surface area (Å²) in [6.45, 7) is 9.89. The fourth-order valence-corrected chi connectivity index (χ4v) is 2.66. The lowest BCUT2D eigenvalue weighted by Gasteiger charge is -2.20. The Kier molecular flexibility index (Phi) is 7.45. The van der Waals surface area contributed by atoms with E-state index in [1.807, 2.05) is 63.9 Å². The molecule has 7 nitrogen and oxygen atoms in total. The van der Waals surface area contributed by atoms with Crippen molar-refractivity contribution in [2.24, 2.45) is 4.99 Å². The largest absolute Gasteiger partial charge is 0.459 e. The monoisotopic (exact) mass is 497 g/mol. The number of fused-ring (bicyclic) bond motifs is 1. The van der Waals surface area contributed by atoms with Crippen LogP contribution in [0.1, 0.15) is 45.2 Å². The second-order valence-electron chi connectivity index (χ2n) is 7.54. The first-order chi connectivity index (χ1) is 12.9. The Balaban J connectivity index is 0.00000280. The van der Waals surface area contributed by atoms with Crippen LogP contribution in [0, 0.1) is 0 Å². The maximum absolute atomic E-state index is 5.91. The molecule has 152 valence electrons. The van der Waals surface area contributed by atoms with Gasteiger partial charge in [-0.15, -0.1) is 24.0 Å². The molecule has 0 aliphatic carbocycles. The molecule has 0 spiro atoms. The fraction of sp³-hybridized carbons (Fsp3) is 0.450. The average molecular weight is 497 g/mol. The van der Waals surface area contributed by atoms with Gasteiger partial charge in [-0.25, -0.2) is 4.99 Å². The van der Waals surface area contributed by atoms with Gasteiger partial charge in [0.05, 0.1) is 6.54 Å². The smallest absolute Gasteiger partial charge is 0.232 e. The molecule has 2 heterocycles. The second-order valence-corrected chi connectivity index (χ2v) is 7.54. The highest BCUT2D eigenvalue weighted by Gasteiger charge is 2.21. The van der Waals surface area contributed by atoms with Crippen molar-refractivity contribution in [2.45, 2.75) is 46.2 Å². The quantitative estimate of drug-likeness (QED) is 0.321. The zero-order chi connectivity index (χ0) is 19.4. The Hall–Kier alpha value is -2.10. The Labute approximate surface area is 182 Å². The third-order valence-corrected chi connectivity index (χ3v) is 4.05. The SMILES string of the molecule is CCNC(=NCc1noc(C(C)(C)C)n1)N(C)Cc1cc2ccccc2o1.I. The molecular formula is C20H28IN5O2. The van der Waals surface area contributed by atoms with Crippen LogP contribution in [-0.2, 0) is 18.5 Å². The molecule has 0 aliphatic rings. The Morgan fingerprint density at radius 1 is 1.25 bits per heavy atom. The number of aromatic nitrogens is 2. The van der Waals surface area contributed by atoms with Crippen LogP contribution in [0.3, 0.4) is 0 Å². The van der Waals surface area contributed by atoms with E-state index in [1.54, 1.807) is 0 Å². The summed E-state index contributed by atoms with van der Waals surface area (Å²) in [7, 11) is 1.98. The van der Waals surface area contributed by atoms with Crippen molar-refractivity contribution in [3.63, 3.8) is 0 Å². The highest BCUT2D eigenvalue weighted by molar-refractivity contribution is 14.0. The number of nitrogens with one attached hydrogen (secondary N) is 1. The van der Waals surface area contributed by atoms with Crippen LogP contribution in [0.5, 0.6) is 0 Å². The summed E-state index contributed by atoms with van der Waals surface area (Å²) in [5.74, 6) is 2.85. The van der Waals surface area contributed by atoms with Gasteiger partial charge in [0, 0.05) is 24.4 Å². The van der Waals surface area contributed by atoms with Crippen LogP contribution in [0.4, 0.5) is 0 Å². The number of halogens is 1. The summed E-state index contributed by atoms with van der Waals surface area (Å²) in [5, 5.41) is 8.42. The molecule has 3 rings (SSSR count). The van der Waals surface area contributed by atoms with Crippen LogP contribution in [0.25, 0.3) is 11.0 Å². The first kappa shape index (κ1) is 22.2. The number of guanidine groups is 1. The zero-order valence-electron chi connectivity index (χ0n) is 17.0. The average Bonchev–Trinajstić information content (AvgIpc) is 3.24. The predicted molar refractivity (Wildman–Crippen MR) is 121 cm³/mol. The molecule has 3 aromatic rings. The lowest BCUT2D eigenvalue weighted by atomic mass is 9.97. The van der Waals surface area contributed by atoms with E-state index < -0.39 is 0 Å². The summed E-state index contributed by atoms with van der Waals surface area (Å²) >= 11 is 0. The van der Waals surface area contributed by atoms with Crippen LogP contribution in [0.2, 0.25) is 0 Å². The van der Waals surface area contributed by atoms with E-state index >= 15 is 0 Å². The number of furan rings is 1. The van der Waals surface area contributed by atoms with Crippen molar-refractivity contribution in [2.75, 3.05) is 13.6 Å². The molecule has 8 heteroatoms. The molecule has 0 fully saturated rings. The number of aliphatic imine (C=N–C) groups is 1. The summed E-state index contributed by atoms with van der Waals surface area (Å²) in [4.78, 5) is 11.1. The lowest BCUT2D eigenvalue weighted by Crippen LogP contribution is -2.38. The van der Waals surface area contributed by atoms with Gasteiger partial charge in [-0.2, -0.15) is 4.98 Å². The fourth-order valence-electron chi connectivity index (χ4n) is 2.66. The van der Waals surface area contributed by atoms with Crippen LogP contribution < -0.4 is 5.32 Å². The van der Waals surface area contributed by atoms with Gasteiger partial charge >= 0.3 is 0 Å². The van der Waals surface area contributed by atoms with Gasteiger partial charge in [-0.05, 0) is 19.1 Å². The third kappa shape index (κ3) is 5.46. The highest BCUT2D eigenvalue weighted by Crippen LogP contribution is 2.21. The molecule has 0 saturated heterocycles. The summed E-state index contributed by atoms with van der Waals surface area (Å²) in [6, 6.07) is 10.1. The maximum atomic E-state index is 5.91. The highest BCUT2D eigenvalue weighted by atomic mass is 127. The minimum Gasteiger partial charge on any atom is -0.459 e. The van der Waals surface area contributed by atoms with E-state index in [9.17, 15) is 0 Å². The van der Waals surface area contributed by atoms with Gasteiger partial charge in [-0.3, -0.25) is 0 Å². The summed E-state index contributed by atoms with van der Waals surface area (Å²) in [5.41, 5.74) is 0.724. The van der Waals surface area contributed by atoms with Crippen molar-refractivity contribution in [1.82, 2.24) is 20.4 Å². The van der Waals surface area contributed by atoms with E-state index in [0.29, 0.717) is 24.8 Å². The number of rotatable bonds is 5. The molecule has 28 heavy (non-hydrogen) atoms. The number of benzene rings is 1. The zero-order valence-corrected chi connectivity index (χ0v) is 19.4. The molecule has 0 aliphatic heterocycles.